The zero-order valence-corrected chi connectivity index (χ0v) is 18.3. The van der Waals surface area contributed by atoms with Crippen molar-refractivity contribution in [1.29, 1.82) is 0 Å². The summed E-state index contributed by atoms with van der Waals surface area (Å²) in [6.45, 7) is 4.74. The number of quaternary nitrogens is 1. The first-order valence-corrected chi connectivity index (χ1v) is 9.95. The summed E-state index contributed by atoms with van der Waals surface area (Å²) in [5.41, 5.74) is 2.23. The third-order valence-electron chi connectivity index (χ3n) is 4.50. The Morgan fingerprint density at radius 3 is 2.27 bits per heavy atom. The van der Waals surface area contributed by atoms with Gasteiger partial charge in [0.15, 0.2) is 18.0 Å². The van der Waals surface area contributed by atoms with Gasteiger partial charge in [-0.1, -0.05) is 6.07 Å². The number of methoxy groups -OCH3 is 2. The van der Waals surface area contributed by atoms with Crippen molar-refractivity contribution >= 4 is 17.6 Å². The zero-order chi connectivity index (χ0) is 22.1. The van der Waals surface area contributed by atoms with Crippen molar-refractivity contribution in [2.24, 2.45) is 0 Å². The van der Waals surface area contributed by atoms with E-state index in [0.29, 0.717) is 29.3 Å². The Hall–Kier alpha value is -3.06. The van der Waals surface area contributed by atoms with Crippen LogP contribution >= 0.6 is 0 Å². The summed E-state index contributed by atoms with van der Waals surface area (Å²) in [4.78, 5) is 25.3. The largest absolute Gasteiger partial charge is 0.493 e. The lowest BCUT2D eigenvalue weighted by Gasteiger charge is -2.15. The van der Waals surface area contributed by atoms with E-state index in [9.17, 15) is 9.59 Å². The van der Waals surface area contributed by atoms with Gasteiger partial charge in [0.25, 0.3) is 5.91 Å². The van der Waals surface area contributed by atoms with E-state index in [-0.39, 0.29) is 18.0 Å². The average Bonchev–Trinajstić information content (AvgIpc) is 2.71. The van der Waals surface area contributed by atoms with Crippen molar-refractivity contribution in [2.75, 3.05) is 39.7 Å². The van der Waals surface area contributed by atoms with Gasteiger partial charge in [-0.05, 0) is 55.8 Å². The number of hydrogen-bond donors (Lipinski definition) is 2. The van der Waals surface area contributed by atoms with Gasteiger partial charge in [-0.2, -0.15) is 0 Å². The summed E-state index contributed by atoms with van der Waals surface area (Å²) in [5.74, 6) is 0.940. The molecule has 0 saturated heterocycles. The Bertz CT molecular complexity index is 849. The molecule has 0 fully saturated rings. The number of anilines is 1. The highest BCUT2D eigenvalue weighted by molar-refractivity contribution is 5.93. The van der Waals surface area contributed by atoms with Crippen molar-refractivity contribution in [3.63, 3.8) is 0 Å². The fourth-order valence-electron chi connectivity index (χ4n) is 2.93. The number of carbonyl (C=O) groups is 2. The number of hydrogen-bond acceptors (Lipinski definition) is 5. The van der Waals surface area contributed by atoms with E-state index in [0.717, 1.165) is 23.4 Å². The molecule has 1 amide bonds. The molecule has 2 aromatic rings. The lowest BCUT2D eigenvalue weighted by atomic mass is 10.1. The zero-order valence-electron chi connectivity index (χ0n) is 18.3. The predicted molar refractivity (Wildman–Crippen MR) is 115 cm³/mol. The second-order valence-electron chi connectivity index (χ2n) is 7.40. The van der Waals surface area contributed by atoms with E-state index >= 15 is 0 Å². The van der Waals surface area contributed by atoms with E-state index in [1.54, 1.807) is 52.3 Å². The van der Waals surface area contributed by atoms with Gasteiger partial charge in [0.05, 0.1) is 39.5 Å². The van der Waals surface area contributed by atoms with Crippen molar-refractivity contribution in [3.8, 4) is 11.5 Å². The molecular formula is C23H31N2O5+. The van der Waals surface area contributed by atoms with E-state index in [1.165, 1.54) is 0 Å². The third kappa shape index (κ3) is 7.08. The minimum atomic E-state index is -0.373. The molecule has 0 heterocycles. The molecule has 0 aliphatic rings. The summed E-state index contributed by atoms with van der Waals surface area (Å²) in [5, 5.41) is 2.86. The molecule has 0 aromatic heterocycles. The minimum Gasteiger partial charge on any atom is -0.493 e. The van der Waals surface area contributed by atoms with Crippen LogP contribution in [0.5, 0.6) is 11.5 Å². The van der Waals surface area contributed by atoms with Gasteiger partial charge in [-0.3, -0.25) is 4.79 Å². The molecule has 2 aromatic carbocycles. The molecule has 0 saturated carbocycles. The first-order valence-electron chi connectivity index (χ1n) is 9.95. The van der Waals surface area contributed by atoms with Crippen LogP contribution in [0.2, 0.25) is 0 Å². The SMILES string of the molecule is COc1ccc(CC[NH+](C)CC(=O)Nc2ccc(C(=O)OC(C)C)cc2)cc1OC. The first-order chi connectivity index (χ1) is 14.3. The van der Waals surface area contributed by atoms with Crippen molar-refractivity contribution in [2.45, 2.75) is 26.4 Å². The molecule has 0 aliphatic heterocycles. The Kier molecular flexibility index (Phi) is 8.68. The molecule has 0 aliphatic carbocycles. The summed E-state index contributed by atoms with van der Waals surface area (Å²) in [6.07, 6.45) is 0.640. The normalized spacial score (nSPS) is 11.7. The molecular weight excluding hydrogens is 384 g/mol. The summed E-state index contributed by atoms with van der Waals surface area (Å²) >= 11 is 0. The molecule has 7 nitrogen and oxygen atoms in total. The van der Waals surface area contributed by atoms with Crippen LogP contribution in [0.4, 0.5) is 5.69 Å². The number of ether oxygens (including phenoxy) is 3. The summed E-state index contributed by atoms with van der Waals surface area (Å²) in [7, 11) is 5.20. The Morgan fingerprint density at radius 2 is 1.67 bits per heavy atom. The topological polar surface area (TPSA) is 78.3 Å². The molecule has 1 atom stereocenters. The molecule has 1 unspecified atom stereocenters. The molecule has 2 rings (SSSR count). The fraction of sp³-hybridized carbons (Fsp3) is 0.391. The number of esters is 1. The van der Waals surface area contributed by atoms with Crippen LogP contribution < -0.4 is 19.7 Å². The van der Waals surface area contributed by atoms with Gasteiger partial charge in [-0.15, -0.1) is 0 Å². The number of nitrogens with one attached hydrogen (secondary N) is 2. The quantitative estimate of drug-likeness (QED) is 0.580. The minimum absolute atomic E-state index is 0.0858. The van der Waals surface area contributed by atoms with Crippen LogP contribution in [0.25, 0.3) is 0 Å². The fourth-order valence-corrected chi connectivity index (χ4v) is 2.93. The second-order valence-corrected chi connectivity index (χ2v) is 7.40. The van der Waals surface area contributed by atoms with Crippen LogP contribution in [0, 0.1) is 0 Å². The van der Waals surface area contributed by atoms with Gasteiger partial charge in [0, 0.05) is 12.1 Å². The highest BCUT2D eigenvalue weighted by Gasteiger charge is 2.13. The molecule has 7 heteroatoms. The molecule has 0 bridgehead atoms. The van der Waals surface area contributed by atoms with Gasteiger partial charge in [-0.25, -0.2) is 4.79 Å². The van der Waals surface area contributed by atoms with E-state index < -0.39 is 0 Å². The summed E-state index contributed by atoms with van der Waals surface area (Å²) in [6, 6.07) is 12.5. The summed E-state index contributed by atoms with van der Waals surface area (Å²) < 4.78 is 15.7. The average molecular weight is 416 g/mol. The van der Waals surface area contributed by atoms with E-state index in [2.05, 4.69) is 5.32 Å². The maximum atomic E-state index is 12.3. The third-order valence-corrected chi connectivity index (χ3v) is 4.50. The number of likely N-dealkylation sites (N-methyl/N-ethyl adjacent to an activating group) is 1. The van der Waals surface area contributed by atoms with Crippen LogP contribution in [0.1, 0.15) is 29.8 Å². The van der Waals surface area contributed by atoms with Crippen molar-refractivity contribution in [3.05, 3.63) is 53.6 Å². The number of rotatable bonds is 10. The van der Waals surface area contributed by atoms with Crippen molar-refractivity contribution < 1.29 is 28.7 Å². The van der Waals surface area contributed by atoms with Crippen LogP contribution in [-0.2, 0) is 16.0 Å². The monoisotopic (exact) mass is 415 g/mol. The Balaban J connectivity index is 1.82. The van der Waals surface area contributed by atoms with E-state index in [4.69, 9.17) is 14.2 Å². The van der Waals surface area contributed by atoms with Gasteiger partial charge >= 0.3 is 5.97 Å². The van der Waals surface area contributed by atoms with Gasteiger partial charge < -0.3 is 24.4 Å². The van der Waals surface area contributed by atoms with Crippen molar-refractivity contribution in [1.82, 2.24) is 0 Å². The molecule has 30 heavy (non-hydrogen) atoms. The maximum Gasteiger partial charge on any atom is 0.338 e. The first kappa shape index (κ1) is 23.2. The molecule has 0 radical (unpaired) electrons. The van der Waals surface area contributed by atoms with Crippen LogP contribution in [0.15, 0.2) is 42.5 Å². The van der Waals surface area contributed by atoms with Crippen LogP contribution in [-0.4, -0.2) is 52.3 Å². The lowest BCUT2D eigenvalue weighted by Crippen LogP contribution is -3.10. The predicted octanol–water partition coefficient (Wildman–Crippen LogP) is 1.96. The highest BCUT2D eigenvalue weighted by Crippen LogP contribution is 2.27. The number of amides is 1. The molecule has 2 N–H and O–H groups in total. The van der Waals surface area contributed by atoms with Gasteiger partial charge in [0.1, 0.15) is 0 Å². The Labute approximate surface area is 177 Å². The highest BCUT2D eigenvalue weighted by atomic mass is 16.5. The number of benzene rings is 2. The second kappa shape index (κ2) is 11.2. The van der Waals surface area contributed by atoms with E-state index in [1.807, 2.05) is 25.2 Å². The smallest absolute Gasteiger partial charge is 0.338 e. The molecule has 0 spiro atoms. The van der Waals surface area contributed by atoms with Crippen LogP contribution in [0.3, 0.4) is 0 Å². The Morgan fingerprint density at radius 1 is 1.00 bits per heavy atom. The number of carbonyl (C=O) groups excluding carboxylic acids is 2. The van der Waals surface area contributed by atoms with Gasteiger partial charge in [0.2, 0.25) is 0 Å². The molecule has 162 valence electrons. The standard InChI is InChI=1S/C23H30N2O5/c1-16(2)30-23(27)18-7-9-19(10-8-18)24-22(26)15-25(3)13-12-17-6-11-20(28-4)21(14-17)29-5/h6-11,14,16H,12-13,15H2,1-5H3,(H,24,26)/p+1. The lowest BCUT2D eigenvalue weighted by molar-refractivity contribution is -0.870. The maximum absolute atomic E-state index is 12.3.